The Morgan fingerprint density at radius 3 is 2.81 bits per heavy atom. The molecule has 0 aliphatic heterocycles. The summed E-state index contributed by atoms with van der Waals surface area (Å²) in [6.07, 6.45) is 0. The highest BCUT2D eigenvalue weighted by Gasteiger charge is 2.01. The maximum absolute atomic E-state index is 5.58. The third-order valence-electron chi connectivity index (χ3n) is 2.08. The van der Waals surface area contributed by atoms with E-state index >= 15 is 0 Å². The molecule has 0 amide bonds. The first-order valence-electron chi connectivity index (χ1n) is 5.41. The van der Waals surface area contributed by atoms with Crippen LogP contribution in [0.2, 0.25) is 0 Å². The minimum atomic E-state index is 0.592. The second kappa shape index (κ2) is 7.65. The van der Waals surface area contributed by atoms with Crippen molar-refractivity contribution in [1.29, 1.82) is 0 Å². The van der Waals surface area contributed by atoms with Gasteiger partial charge in [0.05, 0.1) is 6.61 Å². The molecule has 1 rings (SSSR count). The highest BCUT2D eigenvalue weighted by atomic mass is 79.9. The molecular weight excluding hydrogens is 270 g/mol. The molecule has 4 heteroatoms. The number of halogens is 1. The normalized spacial score (nSPS) is 10.4. The molecule has 0 aliphatic rings. The summed E-state index contributed by atoms with van der Waals surface area (Å²) in [5.74, 6) is 0.883. The van der Waals surface area contributed by atoms with Crippen LogP contribution in [0, 0.1) is 0 Å². The van der Waals surface area contributed by atoms with Crippen LogP contribution in [0.5, 0.6) is 5.75 Å². The summed E-state index contributed by atoms with van der Waals surface area (Å²) in [4.78, 5) is 0. The van der Waals surface area contributed by atoms with Gasteiger partial charge in [-0.05, 0) is 37.7 Å². The van der Waals surface area contributed by atoms with Crippen molar-refractivity contribution in [3.05, 3.63) is 28.2 Å². The molecule has 1 aromatic carbocycles. The van der Waals surface area contributed by atoms with E-state index in [9.17, 15) is 0 Å². The Hall–Kier alpha value is -0.580. The molecular formula is C12H18BrNO2. The van der Waals surface area contributed by atoms with Crippen LogP contribution in [0.4, 0.5) is 0 Å². The van der Waals surface area contributed by atoms with Gasteiger partial charge in [0, 0.05) is 17.6 Å². The number of hydrogen-bond acceptors (Lipinski definition) is 3. The monoisotopic (exact) mass is 287 g/mol. The molecule has 0 aromatic heterocycles. The molecule has 0 unspecified atom stereocenters. The fourth-order valence-electron chi connectivity index (χ4n) is 1.33. The first kappa shape index (κ1) is 13.5. The minimum absolute atomic E-state index is 0.592. The molecule has 1 aromatic rings. The van der Waals surface area contributed by atoms with Crippen LogP contribution < -0.4 is 10.1 Å². The topological polar surface area (TPSA) is 30.5 Å². The number of hydrogen-bond donors (Lipinski definition) is 1. The molecule has 0 spiro atoms. The maximum Gasteiger partial charge on any atom is 0.119 e. The predicted octanol–water partition coefficient (Wildman–Crippen LogP) is 2.58. The molecule has 1 N–H and O–H groups in total. The first-order chi connectivity index (χ1) is 7.77. The Morgan fingerprint density at radius 1 is 1.31 bits per heavy atom. The lowest BCUT2D eigenvalue weighted by atomic mass is 10.2. The summed E-state index contributed by atoms with van der Waals surface area (Å²) in [5.41, 5.74) is 1.19. The van der Waals surface area contributed by atoms with E-state index < -0.39 is 0 Å². The highest BCUT2D eigenvalue weighted by molar-refractivity contribution is 9.10. The van der Waals surface area contributed by atoms with Gasteiger partial charge in [0.25, 0.3) is 0 Å². The van der Waals surface area contributed by atoms with Gasteiger partial charge in [0.2, 0.25) is 0 Å². The lowest BCUT2D eigenvalue weighted by molar-refractivity contribution is 0.110. The molecule has 0 saturated carbocycles. The Morgan fingerprint density at radius 2 is 2.12 bits per heavy atom. The van der Waals surface area contributed by atoms with Crippen molar-refractivity contribution < 1.29 is 9.47 Å². The highest BCUT2D eigenvalue weighted by Crippen LogP contribution is 2.22. The molecule has 16 heavy (non-hydrogen) atoms. The van der Waals surface area contributed by atoms with Crippen LogP contribution >= 0.6 is 15.9 Å². The number of rotatable bonds is 7. The van der Waals surface area contributed by atoms with E-state index in [1.54, 1.807) is 0 Å². The Labute approximate surface area is 105 Å². The second-order valence-corrected chi connectivity index (χ2v) is 4.18. The van der Waals surface area contributed by atoms with Crippen LogP contribution in [-0.4, -0.2) is 26.9 Å². The van der Waals surface area contributed by atoms with Gasteiger partial charge in [0.15, 0.2) is 0 Å². The quantitative estimate of drug-likeness (QED) is 0.782. The van der Waals surface area contributed by atoms with E-state index in [2.05, 4.69) is 21.2 Å². The van der Waals surface area contributed by atoms with Crippen molar-refractivity contribution in [2.24, 2.45) is 0 Å². The zero-order valence-corrected chi connectivity index (χ0v) is 11.3. The third-order valence-corrected chi connectivity index (χ3v) is 2.86. The Balaban J connectivity index is 2.50. The molecule has 0 aliphatic carbocycles. The zero-order chi connectivity index (χ0) is 11.8. The third kappa shape index (κ3) is 4.51. The molecule has 0 saturated heterocycles. The van der Waals surface area contributed by atoms with Crippen molar-refractivity contribution in [1.82, 2.24) is 5.32 Å². The van der Waals surface area contributed by atoms with Crippen LogP contribution in [0.3, 0.4) is 0 Å². The van der Waals surface area contributed by atoms with E-state index in [4.69, 9.17) is 9.47 Å². The fraction of sp³-hybridized carbons (Fsp3) is 0.500. The molecule has 3 nitrogen and oxygen atoms in total. The second-order valence-electron chi connectivity index (χ2n) is 3.33. The van der Waals surface area contributed by atoms with Crippen molar-refractivity contribution in [2.45, 2.75) is 13.5 Å². The number of ether oxygens (including phenoxy) is 2. The van der Waals surface area contributed by atoms with Gasteiger partial charge in [-0.25, -0.2) is 0 Å². The van der Waals surface area contributed by atoms with E-state index in [1.807, 2.05) is 32.2 Å². The lowest BCUT2D eigenvalue weighted by Gasteiger charge is -2.09. The average Bonchev–Trinajstić information content (AvgIpc) is 2.29. The van der Waals surface area contributed by atoms with Gasteiger partial charge in [-0.15, -0.1) is 0 Å². The van der Waals surface area contributed by atoms with E-state index in [-0.39, 0.29) is 0 Å². The van der Waals surface area contributed by atoms with Crippen molar-refractivity contribution >= 4 is 15.9 Å². The standard InChI is InChI=1S/C12H18BrNO2/c1-3-15-6-7-16-11-4-5-12(13)10(8-11)9-14-2/h4-5,8,14H,3,6-7,9H2,1-2H3. The van der Waals surface area contributed by atoms with Gasteiger partial charge >= 0.3 is 0 Å². The fourth-order valence-corrected chi connectivity index (χ4v) is 1.72. The summed E-state index contributed by atoms with van der Waals surface area (Å²) >= 11 is 3.50. The van der Waals surface area contributed by atoms with E-state index in [0.29, 0.717) is 13.2 Å². The van der Waals surface area contributed by atoms with E-state index in [1.165, 1.54) is 5.56 Å². The summed E-state index contributed by atoms with van der Waals surface area (Å²) in [7, 11) is 1.93. The van der Waals surface area contributed by atoms with Crippen molar-refractivity contribution in [3.8, 4) is 5.75 Å². The number of benzene rings is 1. The lowest BCUT2D eigenvalue weighted by Crippen LogP contribution is -2.08. The molecule has 0 fully saturated rings. The summed E-state index contributed by atoms with van der Waals surface area (Å²) in [6, 6.07) is 5.99. The largest absolute Gasteiger partial charge is 0.491 e. The SMILES string of the molecule is CCOCCOc1ccc(Br)c(CNC)c1. The molecule has 0 radical (unpaired) electrons. The predicted molar refractivity (Wildman–Crippen MR) is 68.9 cm³/mol. The van der Waals surface area contributed by atoms with Gasteiger partial charge in [0.1, 0.15) is 12.4 Å². The Bertz CT molecular complexity index is 318. The zero-order valence-electron chi connectivity index (χ0n) is 9.75. The van der Waals surface area contributed by atoms with Gasteiger partial charge in [-0.2, -0.15) is 0 Å². The average molecular weight is 288 g/mol. The van der Waals surface area contributed by atoms with Crippen LogP contribution in [0.15, 0.2) is 22.7 Å². The summed E-state index contributed by atoms with van der Waals surface area (Å²) < 4.78 is 11.9. The van der Waals surface area contributed by atoms with Gasteiger partial charge in [-0.1, -0.05) is 15.9 Å². The summed E-state index contributed by atoms with van der Waals surface area (Å²) in [5, 5.41) is 3.12. The minimum Gasteiger partial charge on any atom is -0.491 e. The smallest absolute Gasteiger partial charge is 0.119 e. The summed E-state index contributed by atoms with van der Waals surface area (Å²) in [6.45, 7) is 4.75. The van der Waals surface area contributed by atoms with Gasteiger partial charge < -0.3 is 14.8 Å². The van der Waals surface area contributed by atoms with Gasteiger partial charge in [-0.3, -0.25) is 0 Å². The van der Waals surface area contributed by atoms with Crippen molar-refractivity contribution in [3.63, 3.8) is 0 Å². The molecule has 0 heterocycles. The van der Waals surface area contributed by atoms with Crippen LogP contribution in [0.25, 0.3) is 0 Å². The molecule has 0 bridgehead atoms. The number of nitrogens with one attached hydrogen (secondary N) is 1. The van der Waals surface area contributed by atoms with Crippen molar-refractivity contribution in [2.75, 3.05) is 26.9 Å². The maximum atomic E-state index is 5.58. The van der Waals surface area contributed by atoms with Crippen LogP contribution in [0.1, 0.15) is 12.5 Å². The molecule has 90 valence electrons. The van der Waals surface area contributed by atoms with E-state index in [0.717, 1.165) is 23.4 Å². The Kier molecular flexibility index (Phi) is 6.45. The molecule has 0 atom stereocenters. The first-order valence-corrected chi connectivity index (χ1v) is 6.20. The van der Waals surface area contributed by atoms with Crippen LogP contribution in [-0.2, 0) is 11.3 Å².